The van der Waals surface area contributed by atoms with Crippen molar-refractivity contribution < 1.29 is 14.3 Å². The minimum Gasteiger partial charge on any atom is -0.378 e. The molecule has 1 saturated carbocycles. The normalized spacial score (nSPS) is 26.2. The van der Waals surface area contributed by atoms with Crippen LogP contribution in [0.15, 0.2) is 0 Å². The minimum atomic E-state index is 0. The van der Waals surface area contributed by atoms with Gasteiger partial charge in [-0.15, -0.1) is 12.4 Å². The molecule has 1 saturated heterocycles. The van der Waals surface area contributed by atoms with E-state index in [0.717, 1.165) is 45.4 Å². The maximum absolute atomic E-state index is 12.2. The quantitative estimate of drug-likeness (QED) is 0.718. The Kier molecular flexibility index (Phi) is 7.80. The molecule has 2 fully saturated rings. The maximum atomic E-state index is 12.2. The summed E-state index contributed by atoms with van der Waals surface area (Å²) in [6, 6.07) is 0. The first-order valence-electron chi connectivity index (χ1n) is 7.48. The Morgan fingerprint density at radius 3 is 2.60 bits per heavy atom. The van der Waals surface area contributed by atoms with Gasteiger partial charge in [0.05, 0.1) is 18.1 Å². The lowest BCUT2D eigenvalue weighted by Gasteiger charge is -2.32. The summed E-state index contributed by atoms with van der Waals surface area (Å²) < 4.78 is 11.2. The fraction of sp³-hybridized carbons (Fsp3) is 0.929. The number of piperidine rings is 1. The summed E-state index contributed by atoms with van der Waals surface area (Å²) >= 11 is 0. The average molecular weight is 307 g/mol. The van der Waals surface area contributed by atoms with E-state index in [2.05, 4.69) is 0 Å². The fourth-order valence-electron chi connectivity index (χ4n) is 2.64. The summed E-state index contributed by atoms with van der Waals surface area (Å²) in [6.45, 7) is 5.74. The highest BCUT2D eigenvalue weighted by Crippen LogP contribution is 2.36. The van der Waals surface area contributed by atoms with E-state index < -0.39 is 0 Å². The van der Waals surface area contributed by atoms with Crippen LogP contribution in [0, 0.1) is 5.92 Å². The number of rotatable bonds is 7. The zero-order valence-corrected chi connectivity index (χ0v) is 13.1. The molecule has 6 heteroatoms. The predicted molar refractivity (Wildman–Crippen MR) is 80.0 cm³/mol. The van der Waals surface area contributed by atoms with E-state index in [1.165, 1.54) is 0 Å². The standard InChI is InChI=1S/C14H26N2O3.ClH/c1-2-18-13-10-12(13)14(17)16-7-4-11(5-8-16)19-9-3-6-15;/h11-13H,2-10,15H2,1H3;1H. The molecule has 1 aliphatic carbocycles. The second kappa shape index (κ2) is 8.82. The van der Waals surface area contributed by atoms with Gasteiger partial charge in [0, 0.05) is 26.3 Å². The summed E-state index contributed by atoms with van der Waals surface area (Å²) in [5.41, 5.74) is 5.44. The molecule has 2 atom stereocenters. The number of carbonyl (C=O) groups excluding carboxylic acids is 1. The van der Waals surface area contributed by atoms with E-state index >= 15 is 0 Å². The topological polar surface area (TPSA) is 64.8 Å². The maximum Gasteiger partial charge on any atom is 0.228 e. The number of halogens is 1. The SMILES string of the molecule is CCOC1CC1C(=O)N1CCC(OCCCN)CC1.Cl. The van der Waals surface area contributed by atoms with E-state index in [0.29, 0.717) is 19.3 Å². The number of amides is 1. The molecular weight excluding hydrogens is 280 g/mol. The molecule has 1 heterocycles. The van der Waals surface area contributed by atoms with Gasteiger partial charge >= 0.3 is 0 Å². The van der Waals surface area contributed by atoms with Gasteiger partial charge in [0.25, 0.3) is 0 Å². The third kappa shape index (κ3) is 4.88. The van der Waals surface area contributed by atoms with Crippen molar-refractivity contribution in [2.75, 3.05) is 32.8 Å². The first-order chi connectivity index (χ1) is 9.26. The molecule has 118 valence electrons. The van der Waals surface area contributed by atoms with Crippen LogP contribution in [0.25, 0.3) is 0 Å². The van der Waals surface area contributed by atoms with Crippen LogP contribution in [0.4, 0.5) is 0 Å². The van der Waals surface area contributed by atoms with Gasteiger partial charge in [-0.2, -0.15) is 0 Å². The molecule has 5 nitrogen and oxygen atoms in total. The number of nitrogens with zero attached hydrogens (tertiary/aromatic N) is 1. The van der Waals surface area contributed by atoms with Gasteiger partial charge in [0.2, 0.25) is 5.91 Å². The first-order valence-corrected chi connectivity index (χ1v) is 7.48. The summed E-state index contributed by atoms with van der Waals surface area (Å²) in [5.74, 6) is 0.397. The van der Waals surface area contributed by atoms with Crippen molar-refractivity contribution in [3.8, 4) is 0 Å². The number of likely N-dealkylation sites (tertiary alicyclic amines) is 1. The highest BCUT2D eigenvalue weighted by Gasteiger charge is 2.46. The van der Waals surface area contributed by atoms with Crippen molar-refractivity contribution >= 4 is 18.3 Å². The van der Waals surface area contributed by atoms with Crippen LogP contribution in [-0.2, 0) is 14.3 Å². The zero-order chi connectivity index (χ0) is 13.7. The van der Waals surface area contributed by atoms with Gasteiger partial charge in [-0.3, -0.25) is 4.79 Å². The molecular formula is C14H27ClN2O3. The smallest absolute Gasteiger partial charge is 0.228 e. The van der Waals surface area contributed by atoms with Crippen LogP contribution in [-0.4, -0.2) is 55.9 Å². The Balaban J connectivity index is 0.00000200. The van der Waals surface area contributed by atoms with E-state index in [9.17, 15) is 4.79 Å². The summed E-state index contributed by atoms with van der Waals surface area (Å²) in [7, 11) is 0. The van der Waals surface area contributed by atoms with Crippen molar-refractivity contribution in [1.29, 1.82) is 0 Å². The molecule has 1 amide bonds. The van der Waals surface area contributed by atoms with Crippen LogP contribution < -0.4 is 5.73 Å². The number of hydrogen-bond acceptors (Lipinski definition) is 4. The molecule has 2 aliphatic rings. The van der Waals surface area contributed by atoms with Gasteiger partial charge in [-0.05, 0) is 39.2 Å². The Labute approximate surface area is 127 Å². The summed E-state index contributed by atoms with van der Waals surface area (Å²) in [4.78, 5) is 14.2. The Hall–Kier alpha value is -0.360. The second-order valence-corrected chi connectivity index (χ2v) is 5.37. The van der Waals surface area contributed by atoms with Gasteiger partial charge in [-0.1, -0.05) is 0 Å². The molecule has 0 bridgehead atoms. The summed E-state index contributed by atoms with van der Waals surface area (Å²) in [6.07, 6.45) is 4.19. The van der Waals surface area contributed by atoms with Crippen LogP contribution in [0.1, 0.15) is 32.6 Å². The van der Waals surface area contributed by atoms with E-state index in [-0.39, 0.29) is 30.3 Å². The first kappa shape index (κ1) is 17.7. The van der Waals surface area contributed by atoms with Crippen molar-refractivity contribution in [3.63, 3.8) is 0 Å². The van der Waals surface area contributed by atoms with Gasteiger partial charge < -0.3 is 20.1 Å². The molecule has 0 spiro atoms. The summed E-state index contributed by atoms with van der Waals surface area (Å²) in [5, 5.41) is 0. The van der Waals surface area contributed by atoms with Crippen molar-refractivity contribution in [2.24, 2.45) is 11.7 Å². The molecule has 20 heavy (non-hydrogen) atoms. The lowest BCUT2D eigenvalue weighted by atomic mass is 10.1. The van der Waals surface area contributed by atoms with Gasteiger partial charge in [0.15, 0.2) is 0 Å². The number of ether oxygens (including phenoxy) is 2. The van der Waals surface area contributed by atoms with Gasteiger partial charge in [-0.25, -0.2) is 0 Å². The van der Waals surface area contributed by atoms with Gasteiger partial charge in [0.1, 0.15) is 0 Å². The highest BCUT2D eigenvalue weighted by atomic mass is 35.5. The Bertz CT molecular complexity index is 296. The number of hydrogen-bond donors (Lipinski definition) is 1. The zero-order valence-electron chi connectivity index (χ0n) is 12.3. The largest absolute Gasteiger partial charge is 0.378 e. The predicted octanol–water partition coefficient (Wildman–Crippen LogP) is 1.19. The molecule has 0 aromatic heterocycles. The Morgan fingerprint density at radius 1 is 1.30 bits per heavy atom. The van der Waals surface area contributed by atoms with Crippen LogP contribution >= 0.6 is 12.4 Å². The molecule has 0 aromatic rings. The van der Waals surface area contributed by atoms with Crippen molar-refractivity contribution in [1.82, 2.24) is 4.90 Å². The minimum absolute atomic E-state index is 0. The second-order valence-electron chi connectivity index (χ2n) is 5.37. The van der Waals surface area contributed by atoms with E-state index in [1.54, 1.807) is 0 Å². The lowest BCUT2D eigenvalue weighted by molar-refractivity contribution is -0.136. The number of carbonyl (C=O) groups is 1. The number of nitrogens with two attached hydrogens (primary N) is 1. The molecule has 2 rings (SSSR count). The molecule has 0 radical (unpaired) electrons. The fourth-order valence-corrected chi connectivity index (χ4v) is 2.64. The van der Waals surface area contributed by atoms with Crippen LogP contribution in [0.3, 0.4) is 0 Å². The van der Waals surface area contributed by atoms with E-state index in [4.69, 9.17) is 15.2 Å². The van der Waals surface area contributed by atoms with Crippen LogP contribution in [0.5, 0.6) is 0 Å². The molecule has 2 N–H and O–H groups in total. The molecule has 1 aliphatic heterocycles. The van der Waals surface area contributed by atoms with E-state index in [1.807, 2.05) is 11.8 Å². The molecule has 0 aromatic carbocycles. The molecule has 2 unspecified atom stereocenters. The van der Waals surface area contributed by atoms with Crippen molar-refractivity contribution in [2.45, 2.75) is 44.8 Å². The Morgan fingerprint density at radius 2 is 2.00 bits per heavy atom. The highest BCUT2D eigenvalue weighted by molar-refractivity contribution is 5.85. The monoisotopic (exact) mass is 306 g/mol. The lowest BCUT2D eigenvalue weighted by Crippen LogP contribution is -2.42. The third-order valence-corrected chi connectivity index (χ3v) is 3.89. The van der Waals surface area contributed by atoms with Crippen molar-refractivity contribution in [3.05, 3.63) is 0 Å². The van der Waals surface area contributed by atoms with Crippen LogP contribution in [0.2, 0.25) is 0 Å². The third-order valence-electron chi connectivity index (χ3n) is 3.89. The average Bonchev–Trinajstić information content (AvgIpc) is 3.19.